The number of likely N-dealkylation sites (N-methyl/N-ethyl adjacent to an activating group) is 1. The number of benzene rings is 1. The Hall–Kier alpha value is -2.35. The van der Waals surface area contributed by atoms with E-state index in [2.05, 4.69) is 10.1 Å². The lowest BCUT2D eigenvalue weighted by Gasteiger charge is -2.19. The summed E-state index contributed by atoms with van der Waals surface area (Å²) >= 11 is 0. The van der Waals surface area contributed by atoms with Crippen molar-refractivity contribution in [1.82, 2.24) is 24.6 Å². The van der Waals surface area contributed by atoms with Crippen LogP contribution in [0.25, 0.3) is 5.69 Å². The van der Waals surface area contributed by atoms with Crippen molar-refractivity contribution in [3.63, 3.8) is 0 Å². The largest absolute Gasteiger partial charge is 0.341 e. The molecule has 0 bridgehead atoms. The van der Waals surface area contributed by atoms with Gasteiger partial charge in [-0.3, -0.25) is 4.79 Å². The van der Waals surface area contributed by atoms with Crippen LogP contribution in [-0.4, -0.2) is 64.2 Å². The molecule has 1 amide bonds. The Balaban J connectivity index is 1.88. The number of carbonyl (C=O) groups excluding carboxylic acids is 1. The Morgan fingerprint density at radius 1 is 1.32 bits per heavy atom. The lowest BCUT2D eigenvalue weighted by Crippen LogP contribution is -2.32. The van der Waals surface area contributed by atoms with Gasteiger partial charge in [-0.25, -0.2) is 18.4 Å². The third-order valence-electron chi connectivity index (χ3n) is 4.27. The van der Waals surface area contributed by atoms with E-state index in [4.69, 9.17) is 0 Å². The molecule has 0 N–H and O–H groups in total. The van der Waals surface area contributed by atoms with E-state index in [1.54, 1.807) is 11.8 Å². The first-order valence-corrected chi connectivity index (χ1v) is 8.16. The second kappa shape index (κ2) is 6.87. The van der Waals surface area contributed by atoms with Crippen molar-refractivity contribution in [2.45, 2.75) is 19.3 Å². The molecule has 0 spiro atoms. The summed E-state index contributed by atoms with van der Waals surface area (Å²) in [6, 6.07) is 3.34. The van der Waals surface area contributed by atoms with Crippen molar-refractivity contribution in [2.75, 3.05) is 33.7 Å². The first-order chi connectivity index (χ1) is 11.8. The Kier molecular flexibility index (Phi) is 4.80. The molecule has 1 aliphatic heterocycles. The Labute approximate surface area is 145 Å². The highest BCUT2D eigenvalue weighted by molar-refractivity contribution is 5.79. The first-order valence-electron chi connectivity index (χ1n) is 8.16. The van der Waals surface area contributed by atoms with Gasteiger partial charge in [0.2, 0.25) is 5.91 Å². The third kappa shape index (κ3) is 3.68. The van der Waals surface area contributed by atoms with Crippen LogP contribution in [0.4, 0.5) is 8.78 Å². The summed E-state index contributed by atoms with van der Waals surface area (Å²) in [4.78, 5) is 20.5. The highest BCUT2D eigenvalue weighted by Crippen LogP contribution is 2.29. The molecule has 1 aromatic heterocycles. The number of halogens is 2. The van der Waals surface area contributed by atoms with Crippen molar-refractivity contribution in [1.29, 1.82) is 0 Å². The third-order valence-corrected chi connectivity index (χ3v) is 4.27. The Bertz CT molecular complexity index is 789. The maximum atomic E-state index is 14.2. The van der Waals surface area contributed by atoms with Gasteiger partial charge in [-0.15, -0.1) is 0 Å². The summed E-state index contributed by atoms with van der Waals surface area (Å²) < 4.78 is 28.7. The predicted molar refractivity (Wildman–Crippen MR) is 88.5 cm³/mol. The molecule has 1 atom stereocenters. The van der Waals surface area contributed by atoms with Crippen LogP contribution in [0.2, 0.25) is 0 Å². The lowest BCUT2D eigenvalue weighted by molar-refractivity contribution is -0.127. The molecule has 2 heterocycles. The normalized spacial score (nSPS) is 17.8. The van der Waals surface area contributed by atoms with Gasteiger partial charge in [0.15, 0.2) is 5.82 Å². The minimum atomic E-state index is -0.708. The van der Waals surface area contributed by atoms with Crippen LogP contribution >= 0.6 is 0 Å². The van der Waals surface area contributed by atoms with Gasteiger partial charge in [0.1, 0.15) is 23.2 Å². The maximum absolute atomic E-state index is 14.2. The topological polar surface area (TPSA) is 54.3 Å². The smallest absolute Gasteiger partial charge is 0.223 e. The number of carbonyl (C=O) groups is 1. The van der Waals surface area contributed by atoms with Crippen molar-refractivity contribution in [3.05, 3.63) is 41.5 Å². The molecular formula is C17H21F2N5O. The quantitative estimate of drug-likeness (QED) is 0.825. The Morgan fingerprint density at radius 2 is 2.08 bits per heavy atom. The van der Waals surface area contributed by atoms with E-state index in [9.17, 15) is 13.6 Å². The van der Waals surface area contributed by atoms with Gasteiger partial charge in [0, 0.05) is 38.0 Å². The summed E-state index contributed by atoms with van der Waals surface area (Å²) in [5.74, 6) is -0.453. The molecule has 6 nitrogen and oxygen atoms in total. The van der Waals surface area contributed by atoms with Crippen LogP contribution in [0.3, 0.4) is 0 Å². The number of aromatic nitrogens is 3. The van der Waals surface area contributed by atoms with Gasteiger partial charge in [0.05, 0.1) is 0 Å². The molecular weight excluding hydrogens is 328 g/mol. The number of likely N-dealkylation sites (tertiary alicyclic amines) is 1. The highest BCUT2D eigenvalue weighted by Gasteiger charge is 2.34. The first kappa shape index (κ1) is 17.5. The molecule has 1 fully saturated rings. The van der Waals surface area contributed by atoms with Crippen LogP contribution in [0.5, 0.6) is 0 Å². The fraction of sp³-hybridized carbons (Fsp3) is 0.471. The average molecular weight is 349 g/mol. The summed E-state index contributed by atoms with van der Waals surface area (Å²) in [5, 5.41) is 4.25. The van der Waals surface area contributed by atoms with E-state index in [1.165, 1.54) is 16.8 Å². The molecule has 1 aromatic carbocycles. The minimum absolute atomic E-state index is 0.0543. The fourth-order valence-electron chi connectivity index (χ4n) is 3.01. The summed E-state index contributed by atoms with van der Waals surface area (Å²) in [7, 11) is 3.91. The molecule has 25 heavy (non-hydrogen) atoms. The van der Waals surface area contributed by atoms with Gasteiger partial charge in [0.25, 0.3) is 0 Å². The van der Waals surface area contributed by atoms with Gasteiger partial charge in [-0.2, -0.15) is 5.10 Å². The zero-order chi connectivity index (χ0) is 18.1. The van der Waals surface area contributed by atoms with E-state index >= 15 is 0 Å². The van der Waals surface area contributed by atoms with Crippen molar-refractivity contribution in [2.24, 2.45) is 0 Å². The van der Waals surface area contributed by atoms with Crippen LogP contribution < -0.4 is 0 Å². The van der Waals surface area contributed by atoms with Gasteiger partial charge in [-0.1, -0.05) is 0 Å². The summed E-state index contributed by atoms with van der Waals surface area (Å²) in [5.41, 5.74) is 0.135. The number of amides is 1. The zero-order valence-corrected chi connectivity index (χ0v) is 14.5. The van der Waals surface area contributed by atoms with Crippen molar-refractivity contribution < 1.29 is 13.6 Å². The highest BCUT2D eigenvalue weighted by atomic mass is 19.1. The lowest BCUT2D eigenvalue weighted by atomic mass is 10.1. The predicted octanol–water partition coefficient (Wildman–Crippen LogP) is 1.73. The maximum Gasteiger partial charge on any atom is 0.223 e. The van der Waals surface area contributed by atoms with E-state index in [0.717, 1.165) is 12.6 Å². The SMILES string of the molecule is Cc1nc(C2CC(=O)N(CCN(C)C)C2)n(-c2ccc(F)cc2F)n1. The second-order valence-corrected chi connectivity index (χ2v) is 6.57. The molecule has 0 radical (unpaired) electrons. The average Bonchev–Trinajstić information content (AvgIpc) is 3.08. The van der Waals surface area contributed by atoms with E-state index < -0.39 is 11.6 Å². The van der Waals surface area contributed by atoms with Crippen LogP contribution in [0.1, 0.15) is 24.0 Å². The number of nitrogens with zero attached hydrogens (tertiary/aromatic N) is 5. The summed E-state index contributed by atoms with van der Waals surface area (Å²) in [6.45, 7) is 3.65. The molecule has 1 saturated heterocycles. The zero-order valence-electron chi connectivity index (χ0n) is 14.5. The molecule has 2 aromatic rings. The molecule has 3 rings (SSSR count). The van der Waals surface area contributed by atoms with Crippen LogP contribution in [0, 0.1) is 18.6 Å². The summed E-state index contributed by atoms with van der Waals surface area (Å²) in [6.07, 6.45) is 0.314. The van der Waals surface area contributed by atoms with E-state index in [-0.39, 0.29) is 17.5 Å². The van der Waals surface area contributed by atoms with Gasteiger partial charge < -0.3 is 9.80 Å². The standard InChI is InChI=1S/C17H21F2N5O/c1-11-20-17(12-8-16(25)23(10-12)7-6-22(2)3)24(21-11)15-5-4-13(18)9-14(15)19/h4-5,9,12H,6-8,10H2,1-3H3. The number of aryl methyl sites for hydroxylation is 1. The number of rotatable bonds is 5. The molecule has 0 saturated carbocycles. The molecule has 8 heteroatoms. The monoisotopic (exact) mass is 349 g/mol. The van der Waals surface area contributed by atoms with Gasteiger partial charge >= 0.3 is 0 Å². The molecule has 1 aliphatic rings. The fourth-order valence-corrected chi connectivity index (χ4v) is 3.01. The number of hydrogen-bond acceptors (Lipinski definition) is 4. The van der Waals surface area contributed by atoms with Crippen molar-refractivity contribution >= 4 is 5.91 Å². The van der Waals surface area contributed by atoms with E-state index in [0.29, 0.717) is 31.2 Å². The molecule has 134 valence electrons. The minimum Gasteiger partial charge on any atom is -0.341 e. The Morgan fingerprint density at radius 3 is 2.76 bits per heavy atom. The molecule has 1 unspecified atom stereocenters. The second-order valence-electron chi connectivity index (χ2n) is 6.57. The van der Waals surface area contributed by atoms with E-state index in [1.807, 2.05) is 19.0 Å². The number of hydrogen-bond donors (Lipinski definition) is 0. The van der Waals surface area contributed by atoms with Crippen molar-refractivity contribution in [3.8, 4) is 5.69 Å². The van der Waals surface area contributed by atoms with Crippen LogP contribution in [-0.2, 0) is 4.79 Å². The molecule has 0 aliphatic carbocycles. The van der Waals surface area contributed by atoms with Crippen LogP contribution in [0.15, 0.2) is 18.2 Å². The van der Waals surface area contributed by atoms with Gasteiger partial charge in [-0.05, 0) is 33.2 Å².